The molecule has 3 rings (SSSR count). The van der Waals surface area contributed by atoms with Crippen molar-refractivity contribution in [3.8, 4) is 0 Å². The number of nitrogens with zero attached hydrogens (tertiary/aromatic N) is 3. The van der Waals surface area contributed by atoms with Crippen LogP contribution in [0.2, 0.25) is 0 Å². The van der Waals surface area contributed by atoms with Gasteiger partial charge in [0.05, 0.1) is 4.88 Å². The van der Waals surface area contributed by atoms with Crippen LogP contribution in [0.3, 0.4) is 0 Å². The lowest BCUT2D eigenvalue weighted by atomic mass is 10.1. The molecule has 2 aromatic heterocycles. The highest BCUT2D eigenvalue weighted by atomic mass is 32.1. The predicted molar refractivity (Wildman–Crippen MR) is 89.2 cm³/mol. The predicted octanol–water partition coefficient (Wildman–Crippen LogP) is 2.97. The first-order valence-electron chi connectivity index (χ1n) is 7.64. The zero-order chi connectivity index (χ0) is 15.5. The summed E-state index contributed by atoms with van der Waals surface area (Å²) in [4.78, 5) is 22.0. The molecule has 0 aliphatic carbocycles. The van der Waals surface area contributed by atoms with Gasteiger partial charge in [0.15, 0.2) is 0 Å². The average molecular weight is 315 g/mol. The van der Waals surface area contributed by atoms with Gasteiger partial charge in [-0.15, -0.1) is 11.3 Å². The summed E-state index contributed by atoms with van der Waals surface area (Å²) in [5.74, 6) is 0.182. The number of carbonyl (C=O) groups is 1. The van der Waals surface area contributed by atoms with Crippen molar-refractivity contribution < 1.29 is 4.79 Å². The first kappa shape index (κ1) is 15.2. The monoisotopic (exact) mass is 315 g/mol. The van der Waals surface area contributed by atoms with E-state index in [0.29, 0.717) is 6.04 Å². The topological polar surface area (TPSA) is 36.4 Å². The van der Waals surface area contributed by atoms with Gasteiger partial charge in [0.1, 0.15) is 0 Å². The van der Waals surface area contributed by atoms with Gasteiger partial charge in [0, 0.05) is 44.6 Å². The third kappa shape index (κ3) is 3.05. The number of piperazine rings is 1. The number of amides is 1. The zero-order valence-corrected chi connectivity index (χ0v) is 13.8. The first-order chi connectivity index (χ1) is 10.7. The normalized spacial score (nSPS) is 17.5. The minimum Gasteiger partial charge on any atom is -0.335 e. The van der Waals surface area contributed by atoms with Gasteiger partial charge in [-0.25, -0.2) is 0 Å². The smallest absolute Gasteiger partial charge is 0.264 e. The van der Waals surface area contributed by atoms with Crippen molar-refractivity contribution >= 4 is 17.2 Å². The maximum atomic E-state index is 12.5. The summed E-state index contributed by atoms with van der Waals surface area (Å²) in [7, 11) is 0. The van der Waals surface area contributed by atoms with Crippen LogP contribution in [0, 0.1) is 6.92 Å². The van der Waals surface area contributed by atoms with Crippen LogP contribution in [0.4, 0.5) is 0 Å². The van der Waals surface area contributed by atoms with Crippen LogP contribution in [-0.4, -0.2) is 46.9 Å². The van der Waals surface area contributed by atoms with Gasteiger partial charge in [-0.1, -0.05) is 6.07 Å². The van der Waals surface area contributed by atoms with E-state index in [2.05, 4.69) is 22.9 Å². The second-order valence-electron chi connectivity index (χ2n) is 5.72. The number of rotatable bonds is 3. The Balaban J connectivity index is 1.61. The Labute approximate surface area is 135 Å². The Morgan fingerprint density at radius 2 is 2.05 bits per heavy atom. The molecule has 3 heterocycles. The summed E-state index contributed by atoms with van der Waals surface area (Å²) in [6.45, 7) is 7.61. The maximum absolute atomic E-state index is 12.5. The summed E-state index contributed by atoms with van der Waals surface area (Å²) in [5.41, 5.74) is 2.32. The molecule has 1 amide bonds. The zero-order valence-electron chi connectivity index (χ0n) is 13.0. The van der Waals surface area contributed by atoms with Crippen LogP contribution in [0.15, 0.2) is 36.0 Å². The van der Waals surface area contributed by atoms with Gasteiger partial charge in [-0.3, -0.25) is 14.7 Å². The standard InChI is InChI=1S/C17H21N3OS/c1-13-5-11-22-16(13)17(21)20-9-7-19(8-10-20)14(2)15-4-3-6-18-12-15/h3-6,11-12,14H,7-10H2,1-2H3/t14-/m1/s1. The lowest BCUT2D eigenvalue weighted by Crippen LogP contribution is -2.49. The Hall–Kier alpha value is -1.72. The SMILES string of the molecule is Cc1ccsc1C(=O)N1CCN([C@H](C)c2cccnc2)CC1. The van der Waals surface area contributed by atoms with Crippen molar-refractivity contribution in [1.29, 1.82) is 0 Å². The highest BCUT2D eigenvalue weighted by Gasteiger charge is 2.26. The van der Waals surface area contributed by atoms with Crippen LogP contribution in [-0.2, 0) is 0 Å². The maximum Gasteiger partial charge on any atom is 0.264 e. The molecular formula is C17H21N3OS. The second kappa shape index (κ2) is 6.58. The summed E-state index contributed by atoms with van der Waals surface area (Å²) in [6, 6.07) is 6.45. The molecule has 0 spiro atoms. The van der Waals surface area contributed by atoms with Crippen molar-refractivity contribution in [2.75, 3.05) is 26.2 Å². The van der Waals surface area contributed by atoms with Crippen LogP contribution in [0.5, 0.6) is 0 Å². The molecule has 5 heteroatoms. The summed E-state index contributed by atoms with van der Waals surface area (Å²) in [5, 5.41) is 1.99. The van der Waals surface area contributed by atoms with E-state index < -0.39 is 0 Å². The fraction of sp³-hybridized carbons (Fsp3) is 0.412. The van der Waals surface area contributed by atoms with Crippen molar-refractivity contribution in [2.24, 2.45) is 0 Å². The van der Waals surface area contributed by atoms with Crippen LogP contribution in [0.1, 0.15) is 33.8 Å². The Bertz CT molecular complexity index is 632. The van der Waals surface area contributed by atoms with E-state index in [0.717, 1.165) is 36.6 Å². The molecule has 1 fully saturated rings. The van der Waals surface area contributed by atoms with Gasteiger partial charge >= 0.3 is 0 Å². The molecule has 1 saturated heterocycles. The first-order valence-corrected chi connectivity index (χ1v) is 8.52. The molecule has 0 bridgehead atoms. The Kier molecular flexibility index (Phi) is 4.55. The van der Waals surface area contributed by atoms with E-state index >= 15 is 0 Å². The van der Waals surface area contributed by atoms with Crippen molar-refractivity contribution in [2.45, 2.75) is 19.9 Å². The molecule has 1 aliphatic rings. The molecule has 0 unspecified atom stereocenters. The fourth-order valence-corrected chi connectivity index (χ4v) is 3.77. The Morgan fingerprint density at radius 1 is 1.27 bits per heavy atom. The number of pyridine rings is 1. The summed E-state index contributed by atoms with van der Waals surface area (Å²) < 4.78 is 0. The van der Waals surface area contributed by atoms with E-state index in [-0.39, 0.29) is 5.91 Å². The van der Waals surface area contributed by atoms with Crippen molar-refractivity contribution in [3.63, 3.8) is 0 Å². The van der Waals surface area contributed by atoms with Crippen molar-refractivity contribution in [3.05, 3.63) is 52.0 Å². The molecule has 0 saturated carbocycles. The highest BCUT2D eigenvalue weighted by Crippen LogP contribution is 2.23. The van der Waals surface area contributed by atoms with Crippen molar-refractivity contribution in [1.82, 2.24) is 14.8 Å². The minimum atomic E-state index is 0.182. The number of aromatic nitrogens is 1. The molecule has 116 valence electrons. The molecule has 0 aromatic carbocycles. The molecule has 22 heavy (non-hydrogen) atoms. The number of carbonyl (C=O) groups excluding carboxylic acids is 1. The molecule has 1 atom stereocenters. The number of thiophene rings is 1. The molecule has 2 aromatic rings. The number of hydrogen-bond acceptors (Lipinski definition) is 4. The third-order valence-corrected chi connectivity index (χ3v) is 5.38. The van der Waals surface area contributed by atoms with Gasteiger partial charge in [-0.2, -0.15) is 0 Å². The van der Waals surface area contributed by atoms with Gasteiger partial charge in [-0.05, 0) is 42.5 Å². The molecular weight excluding hydrogens is 294 g/mol. The number of aryl methyl sites for hydroxylation is 1. The molecule has 1 aliphatic heterocycles. The fourth-order valence-electron chi connectivity index (χ4n) is 2.88. The van der Waals surface area contributed by atoms with E-state index in [1.54, 1.807) is 17.5 Å². The van der Waals surface area contributed by atoms with Crippen LogP contribution >= 0.6 is 11.3 Å². The summed E-state index contributed by atoms with van der Waals surface area (Å²) in [6.07, 6.45) is 3.73. The molecule has 4 nitrogen and oxygen atoms in total. The van der Waals surface area contributed by atoms with E-state index in [9.17, 15) is 4.79 Å². The third-order valence-electron chi connectivity index (χ3n) is 4.37. The van der Waals surface area contributed by atoms with E-state index in [1.807, 2.05) is 35.5 Å². The number of hydrogen-bond donors (Lipinski definition) is 0. The second-order valence-corrected chi connectivity index (χ2v) is 6.64. The molecule has 0 N–H and O–H groups in total. The minimum absolute atomic E-state index is 0.182. The average Bonchev–Trinajstić information content (AvgIpc) is 3.00. The van der Waals surface area contributed by atoms with E-state index in [1.165, 1.54) is 5.56 Å². The van der Waals surface area contributed by atoms with Gasteiger partial charge in [0.2, 0.25) is 0 Å². The summed E-state index contributed by atoms with van der Waals surface area (Å²) >= 11 is 1.54. The van der Waals surface area contributed by atoms with E-state index in [4.69, 9.17) is 0 Å². The lowest BCUT2D eigenvalue weighted by Gasteiger charge is -2.38. The van der Waals surface area contributed by atoms with Gasteiger partial charge in [0.25, 0.3) is 5.91 Å². The van der Waals surface area contributed by atoms with Crippen LogP contribution < -0.4 is 0 Å². The van der Waals surface area contributed by atoms with Gasteiger partial charge < -0.3 is 4.90 Å². The van der Waals surface area contributed by atoms with Crippen LogP contribution in [0.25, 0.3) is 0 Å². The lowest BCUT2D eigenvalue weighted by molar-refractivity contribution is 0.0586. The highest BCUT2D eigenvalue weighted by molar-refractivity contribution is 7.12. The Morgan fingerprint density at radius 3 is 2.64 bits per heavy atom. The quantitative estimate of drug-likeness (QED) is 0.874. The largest absolute Gasteiger partial charge is 0.335 e. The molecule has 0 radical (unpaired) electrons.